The maximum atomic E-state index is 13.8. The Hall–Kier alpha value is -0.600. The summed E-state index contributed by atoms with van der Waals surface area (Å²) >= 11 is 6.04. The van der Waals surface area contributed by atoms with E-state index in [0.29, 0.717) is 17.0 Å². The first-order valence-corrected chi connectivity index (χ1v) is 7.57. The van der Waals surface area contributed by atoms with E-state index in [1.807, 2.05) is 0 Å². The van der Waals surface area contributed by atoms with Crippen molar-refractivity contribution in [2.75, 3.05) is 0 Å². The van der Waals surface area contributed by atoms with Gasteiger partial charge in [0.15, 0.2) is 0 Å². The molecule has 0 unspecified atom stereocenters. The molecule has 1 N–H and O–H groups in total. The maximum Gasteiger partial charge on any atom is 0.127 e. The number of hydrogen-bond donors (Lipinski definition) is 1. The summed E-state index contributed by atoms with van der Waals surface area (Å²) in [5.74, 6) is 0.415. The van der Waals surface area contributed by atoms with E-state index in [-0.39, 0.29) is 5.82 Å². The lowest BCUT2D eigenvalue weighted by molar-refractivity contribution is -0.0105. The predicted octanol–water partition coefficient (Wildman–Crippen LogP) is 4.74. The minimum atomic E-state index is -0.782. The van der Waals surface area contributed by atoms with Gasteiger partial charge in [0.1, 0.15) is 5.82 Å². The van der Waals surface area contributed by atoms with Gasteiger partial charge in [-0.1, -0.05) is 37.4 Å². The summed E-state index contributed by atoms with van der Waals surface area (Å²) in [7, 11) is 0. The second-order valence-electron chi connectivity index (χ2n) is 5.83. The molecule has 1 nitrogen and oxygen atoms in total. The van der Waals surface area contributed by atoms with Crippen LogP contribution in [0.5, 0.6) is 0 Å². The van der Waals surface area contributed by atoms with E-state index in [1.165, 1.54) is 18.9 Å². The standard InChI is InChI=1S/C16H22ClFO/c1-2-4-12-7-9-16(19,10-8-12)11-13-14(17)5-3-6-15(13)18/h3,5-6,12,19H,2,4,7-11H2,1H3. The van der Waals surface area contributed by atoms with Crippen molar-refractivity contribution in [3.05, 3.63) is 34.6 Å². The van der Waals surface area contributed by atoms with Gasteiger partial charge in [-0.25, -0.2) is 4.39 Å². The fourth-order valence-electron chi connectivity index (χ4n) is 3.12. The van der Waals surface area contributed by atoms with Crippen molar-refractivity contribution < 1.29 is 9.50 Å². The number of benzene rings is 1. The van der Waals surface area contributed by atoms with Crippen molar-refractivity contribution in [2.45, 2.75) is 57.5 Å². The molecule has 1 aromatic rings. The van der Waals surface area contributed by atoms with Gasteiger partial charge in [-0.05, 0) is 43.7 Å². The van der Waals surface area contributed by atoms with Gasteiger partial charge in [-0.2, -0.15) is 0 Å². The lowest BCUT2D eigenvalue weighted by atomic mass is 9.74. The van der Waals surface area contributed by atoms with Crippen LogP contribution in [0.15, 0.2) is 18.2 Å². The SMILES string of the molecule is CCCC1CCC(O)(Cc2c(F)cccc2Cl)CC1. The van der Waals surface area contributed by atoms with Crippen LogP contribution in [0.2, 0.25) is 5.02 Å². The summed E-state index contributed by atoms with van der Waals surface area (Å²) in [6, 6.07) is 4.70. The third-order valence-corrected chi connectivity index (χ3v) is 4.65. The predicted molar refractivity (Wildman–Crippen MR) is 76.9 cm³/mol. The Morgan fingerprint density at radius 1 is 1.37 bits per heavy atom. The highest BCUT2D eigenvalue weighted by Gasteiger charge is 2.34. The van der Waals surface area contributed by atoms with Crippen molar-refractivity contribution >= 4 is 11.6 Å². The zero-order valence-electron chi connectivity index (χ0n) is 11.5. The molecule has 0 aliphatic heterocycles. The molecule has 1 aliphatic carbocycles. The first-order chi connectivity index (χ1) is 9.04. The lowest BCUT2D eigenvalue weighted by Crippen LogP contribution is -2.36. The Morgan fingerprint density at radius 2 is 2.05 bits per heavy atom. The molecule has 0 bridgehead atoms. The molecule has 0 amide bonds. The minimum Gasteiger partial charge on any atom is -0.390 e. The topological polar surface area (TPSA) is 20.2 Å². The molecular weight excluding hydrogens is 263 g/mol. The molecule has 0 atom stereocenters. The van der Waals surface area contributed by atoms with E-state index in [9.17, 15) is 9.50 Å². The fraction of sp³-hybridized carbons (Fsp3) is 0.625. The molecule has 0 aromatic heterocycles. The highest BCUT2D eigenvalue weighted by atomic mass is 35.5. The van der Waals surface area contributed by atoms with Crippen molar-refractivity contribution in [3.8, 4) is 0 Å². The van der Waals surface area contributed by atoms with E-state index in [1.54, 1.807) is 12.1 Å². The smallest absolute Gasteiger partial charge is 0.127 e. The highest BCUT2D eigenvalue weighted by molar-refractivity contribution is 6.31. The average Bonchev–Trinajstić information content (AvgIpc) is 2.38. The Morgan fingerprint density at radius 3 is 2.63 bits per heavy atom. The summed E-state index contributed by atoms with van der Waals surface area (Å²) in [5, 5.41) is 11.1. The second kappa shape index (κ2) is 6.23. The largest absolute Gasteiger partial charge is 0.390 e. The number of rotatable bonds is 4. The molecule has 2 rings (SSSR count). The average molecular weight is 285 g/mol. The number of hydrogen-bond acceptors (Lipinski definition) is 1. The zero-order valence-corrected chi connectivity index (χ0v) is 12.2. The van der Waals surface area contributed by atoms with E-state index in [4.69, 9.17) is 11.6 Å². The maximum absolute atomic E-state index is 13.8. The molecule has 0 saturated heterocycles. The minimum absolute atomic E-state index is 0.309. The first kappa shape index (κ1) is 14.8. The summed E-state index contributed by atoms with van der Waals surface area (Å²) in [4.78, 5) is 0. The van der Waals surface area contributed by atoms with Gasteiger partial charge in [0.25, 0.3) is 0 Å². The van der Waals surface area contributed by atoms with Crippen LogP contribution in [0.4, 0.5) is 4.39 Å². The Balaban J connectivity index is 2.03. The van der Waals surface area contributed by atoms with Crippen LogP contribution in [-0.4, -0.2) is 10.7 Å². The molecule has 1 aromatic carbocycles. The molecule has 1 aliphatic rings. The third-order valence-electron chi connectivity index (χ3n) is 4.30. The van der Waals surface area contributed by atoms with Gasteiger partial charge < -0.3 is 5.11 Å². The molecule has 0 radical (unpaired) electrons. The molecule has 3 heteroatoms. The van der Waals surface area contributed by atoms with Crippen molar-refractivity contribution in [3.63, 3.8) is 0 Å². The van der Waals surface area contributed by atoms with Crippen LogP contribution in [-0.2, 0) is 6.42 Å². The Kier molecular flexibility index (Phi) is 4.86. The fourth-order valence-corrected chi connectivity index (χ4v) is 3.35. The Bertz CT molecular complexity index is 405. The summed E-state index contributed by atoms with van der Waals surface area (Å²) in [6.45, 7) is 2.19. The van der Waals surface area contributed by atoms with Gasteiger partial charge in [0.05, 0.1) is 5.60 Å². The number of aliphatic hydroxyl groups is 1. The van der Waals surface area contributed by atoms with Crippen LogP contribution in [0.3, 0.4) is 0 Å². The molecule has 19 heavy (non-hydrogen) atoms. The van der Waals surface area contributed by atoms with Gasteiger partial charge in [0.2, 0.25) is 0 Å². The lowest BCUT2D eigenvalue weighted by Gasteiger charge is -2.36. The Labute approximate surface area is 119 Å². The highest BCUT2D eigenvalue weighted by Crippen LogP contribution is 2.37. The van der Waals surface area contributed by atoms with E-state index in [0.717, 1.165) is 31.6 Å². The van der Waals surface area contributed by atoms with Gasteiger partial charge in [-0.3, -0.25) is 0 Å². The normalized spacial score (nSPS) is 27.5. The molecule has 1 fully saturated rings. The second-order valence-corrected chi connectivity index (χ2v) is 6.24. The van der Waals surface area contributed by atoms with Gasteiger partial charge in [0, 0.05) is 17.0 Å². The summed E-state index contributed by atoms with van der Waals surface area (Å²) < 4.78 is 13.8. The summed E-state index contributed by atoms with van der Waals surface area (Å²) in [5.41, 5.74) is -0.323. The number of halogens is 2. The van der Waals surface area contributed by atoms with Crippen LogP contribution in [0, 0.1) is 11.7 Å². The molecule has 1 saturated carbocycles. The van der Waals surface area contributed by atoms with Crippen molar-refractivity contribution in [2.24, 2.45) is 5.92 Å². The zero-order chi connectivity index (χ0) is 13.9. The van der Waals surface area contributed by atoms with E-state index >= 15 is 0 Å². The van der Waals surface area contributed by atoms with E-state index < -0.39 is 5.60 Å². The molecular formula is C16H22ClFO. The van der Waals surface area contributed by atoms with Crippen LogP contribution < -0.4 is 0 Å². The summed E-state index contributed by atoms with van der Waals surface area (Å²) in [6.07, 6.45) is 6.34. The van der Waals surface area contributed by atoms with Crippen molar-refractivity contribution in [1.29, 1.82) is 0 Å². The third kappa shape index (κ3) is 3.70. The van der Waals surface area contributed by atoms with Crippen LogP contribution >= 0.6 is 11.6 Å². The quantitative estimate of drug-likeness (QED) is 0.846. The van der Waals surface area contributed by atoms with E-state index in [2.05, 4.69) is 6.92 Å². The van der Waals surface area contributed by atoms with Crippen LogP contribution in [0.1, 0.15) is 51.0 Å². The van der Waals surface area contributed by atoms with Gasteiger partial charge in [-0.15, -0.1) is 0 Å². The first-order valence-electron chi connectivity index (χ1n) is 7.19. The molecule has 106 valence electrons. The molecule has 0 heterocycles. The molecule has 0 spiro atoms. The van der Waals surface area contributed by atoms with Crippen molar-refractivity contribution in [1.82, 2.24) is 0 Å². The monoisotopic (exact) mass is 284 g/mol. The van der Waals surface area contributed by atoms with Crippen LogP contribution in [0.25, 0.3) is 0 Å². The van der Waals surface area contributed by atoms with Gasteiger partial charge >= 0.3 is 0 Å².